The van der Waals surface area contributed by atoms with Crippen molar-refractivity contribution in [1.82, 2.24) is 14.8 Å². The molecule has 0 amide bonds. The summed E-state index contributed by atoms with van der Waals surface area (Å²) in [5.74, 6) is 1.07. The molecule has 3 aromatic rings. The summed E-state index contributed by atoms with van der Waals surface area (Å²) in [6, 6.07) is 15.2. The van der Waals surface area contributed by atoms with Gasteiger partial charge in [-0.05, 0) is 17.7 Å². The SMILES string of the molecule is CC[C@H](c1nnc(SCc2c(F)cccc2Cl)n1Cc1ccccc1)[NH+](C)C. The highest BCUT2D eigenvalue weighted by Gasteiger charge is 2.25. The van der Waals surface area contributed by atoms with Crippen LogP contribution in [-0.2, 0) is 12.3 Å². The lowest BCUT2D eigenvalue weighted by molar-refractivity contribution is -0.893. The molecule has 0 spiro atoms. The second kappa shape index (κ2) is 9.54. The number of rotatable bonds is 8. The number of hydrogen-bond acceptors (Lipinski definition) is 3. The number of hydrogen-bond donors (Lipinski definition) is 1. The number of thioether (sulfide) groups is 1. The first-order chi connectivity index (χ1) is 13.5. The van der Waals surface area contributed by atoms with E-state index in [1.165, 1.54) is 28.3 Å². The summed E-state index contributed by atoms with van der Waals surface area (Å²) in [6.45, 7) is 2.84. The number of quaternary nitrogens is 1. The maximum Gasteiger partial charge on any atom is 0.192 e. The van der Waals surface area contributed by atoms with Crippen molar-refractivity contribution in [1.29, 1.82) is 0 Å². The first kappa shape index (κ1) is 20.8. The molecule has 1 heterocycles. The van der Waals surface area contributed by atoms with Crippen LogP contribution in [0, 0.1) is 5.82 Å². The molecule has 2 aromatic carbocycles. The van der Waals surface area contributed by atoms with E-state index in [0.717, 1.165) is 17.4 Å². The van der Waals surface area contributed by atoms with Gasteiger partial charge in [0, 0.05) is 22.8 Å². The van der Waals surface area contributed by atoms with Crippen LogP contribution in [-0.4, -0.2) is 28.9 Å². The van der Waals surface area contributed by atoms with Gasteiger partial charge in [0.15, 0.2) is 11.0 Å². The van der Waals surface area contributed by atoms with Gasteiger partial charge in [-0.25, -0.2) is 4.39 Å². The van der Waals surface area contributed by atoms with E-state index in [-0.39, 0.29) is 11.9 Å². The molecule has 0 unspecified atom stereocenters. The number of nitrogens with zero attached hydrogens (tertiary/aromatic N) is 3. The molecule has 0 aliphatic heterocycles. The van der Waals surface area contributed by atoms with Crippen molar-refractivity contribution in [3.05, 3.63) is 76.3 Å². The maximum absolute atomic E-state index is 14.2. The van der Waals surface area contributed by atoms with Crippen molar-refractivity contribution >= 4 is 23.4 Å². The molecular formula is C21H25ClFN4S+. The number of nitrogens with one attached hydrogen (secondary N) is 1. The zero-order valence-corrected chi connectivity index (χ0v) is 17.9. The average Bonchev–Trinajstić information content (AvgIpc) is 3.05. The van der Waals surface area contributed by atoms with Gasteiger partial charge in [0.25, 0.3) is 0 Å². The molecule has 0 saturated carbocycles. The molecule has 7 heteroatoms. The van der Waals surface area contributed by atoms with Crippen LogP contribution in [0.15, 0.2) is 53.7 Å². The summed E-state index contributed by atoms with van der Waals surface area (Å²) < 4.78 is 16.3. The molecule has 4 nitrogen and oxygen atoms in total. The highest BCUT2D eigenvalue weighted by atomic mass is 35.5. The van der Waals surface area contributed by atoms with Crippen LogP contribution in [0.5, 0.6) is 0 Å². The second-order valence-electron chi connectivity index (χ2n) is 6.94. The van der Waals surface area contributed by atoms with E-state index in [4.69, 9.17) is 11.6 Å². The topological polar surface area (TPSA) is 35.1 Å². The minimum absolute atomic E-state index is 0.239. The van der Waals surface area contributed by atoms with Gasteiger partial charge in [-0.15, -0.1) is 10.2 Å². The number of benzene rings is 2. The highest BCUT2D eigenvalue weighted by Crippen LogP contribution is 2.29. The van der Waals surface area contributed by atoms with E-state index < -0.39 is 0 Å². The van der Waals surface area contributed by atoms with Crippen LogP contribution in [0.1, 0.15) is 36.3 Å². The molecule has 3 rings (SSSR count). The summed E-state index contributed by atoms with van der Waals surface area (Å²) in [7, 11) is 4.25. The Morgan fingerprint density at radius 3 is 2.50 bits per heavy atom. The van der Waals surface area contributed by atoms with Crippen LogP contribution in [0.25, 0.3) is 0 Å². The van der Waals surface area contributed by atoms with Crippen LogP contribution in [0.2, 0.25) is 5.02 Å². The van der Waals surface area contributed by atoms with Crippen molar-refractivity contribution < 1.29 is 9.29 Å². The molecular weight excluding hydrogens is 395 g/mol. The smallest absolute Gasteiger partial charge is 0.192 e. The fourth-order valence-corrected chi connectivity index (χ4v) is 4.52. The van der Waals surface area contributed by atoms with Gasteiger partial charge in [0.2, 0.25) is 0 Å². The van der Waals surface area contributed by atoms with Gasteiger partial charge >= 0.3 is 0 Å². The predicted octanol–water partition coefficient (Wildman–Crippen LogP) is 4.01. The monoisotopic (exact) mass is 419 g/mol. The summed E-state index contributed by atoms with van der Waals surface area (Å²) in [4.78, 5) is 1.30. The minimum Gasteiger partial charge on any atom is -0.331 e. The summed E-state index contributed by atoms with van der Waals surface area (Å²) in [5, 5.41) is 10.2. The molecule has 0 bridgehead atoms. The second-order valence-corrected chi connectivity index (χ2v) is 8.29. The van der Waals surface area contributed by atoms with Crippen molar-refractivity contribution in [2.24, 2.45) is 0 Å². The van der Waals surface area contributed by atoms with Crippen molar-refractivity contribution in [2.75, 3.05) is 14.1 Å². The third-order valence-corrected chi connectivity index (χ3v) is 6.10. The number of aromatic nitrogens is 3. The van der Waals surface area contributed by atoms with Crippen molar-refractivity contribution in [3.63, 3.8) is 0 Å². The van der Waals surface area contributed by atoms with E-state index in [2.05, 4.69) is 47.9 Å². The zero-order valence-electron chi connectivity index (χ0n) is 16.3. The van der Waals surface area contributed by atoms with Crippen molar-refractivity contribution in [2.45, 2.75) is 36.8 Å². The Bertz CT molecular complexity index is 894. The van der Waals surface area contributed by atoms with Gasteiger partial charge in [0.1, 0.15) is 11.9 Å². The minimum atomic E-state index is -0.293. The summed E-state index contributed by atoms with van der Waals surface area (Å²) in [5.41, 5.74) is 1.67. The molecule has 0 radical (unpaired) electrons. The molecule has 1 atom stereocenters. The predicted molar refractivity (Wildman–Crippen MR) is 112 cm³/mol. The first-order valence-corrected chi connectivity index (χ1v) is 10.7. The van der Waals surface area contributed by atoms with E-state index in [0.29, 0.717) is 22.9 Å². The van der Waals surface area contributed by atoms with Gasteiger partial charge in [-0.3, -0.25) is 4.57 Å². The standard InChI is InChI=1S/C21H24ClFN4S/c1-4-19(26(2)3)20-24-25-21(27(20)13-15-9-6-5-7-10-15)28-14-16-17(22)11-8-12-18(16)23/h5-12,19H,4,13-14H2,1-3H3/p+1/t19-/m1/s1. The van der Waals surface area contributed by atoms with Crippen LogP contribution < -0.4 is 4.90 Å². The van der Waals surface area contributed by atoms with Crippen LogP contribution in [0.3, 0.4) is 0 Å². The third kappa shape index (κ3) is 4.74. The maximum atomic E-state index is 14.2. The van der Waals surface area contributed by atoms with E-state index >= 15 is 0 Å². The lowest BCUT2D eigenvalue weighted by atomic mass is 10.2. The molecule has 0 saturated heterocycles. The third-order valence-electron chi connectivity index (χ3n) is 4.75. The lowest BCUT2D eigenvalue weighted by Gasteiger charge is -2.20. The summed E-state index contributed by atoms with van der Waals surface area (Å²) in [6.07, 6.45) is 0.957. The fraction of sp³-hybridized carbons (Fsp3) is 0.333. The highest BCUT2D eigenvalue weighted by molar-refractivity contribution is 7.98. The molecule has 0 fully saturated rings. The Morgan fingerprint density at radius 2 is 1.86 bits per heavy atom. The molecule has 148 valence electrons. The Hall–Kier alpha value is -1.89. The Morgan fingerprint density at radius 1 is 1.11 bits per heavy atom. The van der Waals surface area contributed by atoms with Crippen LogP contribution >= 0.6 is 23.4 Å². The largest absolute Gasteiger partial charge is 0.331 e. The van der Waals surface area contributed by atoms with Crippen molar-refractivity contribution in [3.8, 4) is 0 Å². The molecule has 1 aromatic heterocycles. The van der Waals surface area contributed by atoms with Gasteiger partial charge in [0.05, 0.1) is 20.6 Å². The molecule has 0 aliphatic carbocycles. The molecule has 0 aliphatic rings. The summed E-state index contributed by atoms with van der Waals surface area (Å²) >= 11 is 7.65. The van der Waals surface area contributed by atoms with E-state index in [9.17, 15) is 4.39 Å². The van der Waals surface area contributed by atoms with Crippen LogP contribution in [0.4, 0.5) is 4.39 Å². The normalized spacial score (nSPS) is 12.5. The Balaban J connectivity index is 1.92. The van der Waals surface area contributed by atoms with Gasteiger partial charge in [-0.1, -0.05) is 66.7 Å². The zero-order chi connectivity index (χ0) is 20.1. The fourth-order valence-electron chi connectivity index (χ4n) is 3.24. The molecule has 1 N–H and O–H groups in total. The Labute approximate surface area is 174 Å². The van der Waals surface area contributed by atoms with Gasteiger partial charge < -0.3 is 4.90 Å². The van der Waals surface area contributed by atoms with Gasteiger partial charge in [-0.2, -0.15) is 0 Å². The van der Waals surface area contributed by atoms with E-state index in [1.807, 2.05) is 18.2 Å². The number of halogens is 2. The quantitative estimate of drug-likeness (QED) is 0.560. The van der Waals surface area contributed by atoms with E-state index in [1.54, 1.807) is 12.1 Å². The first-order valence-electron chi connectivity index (χ1n) is 9.34. The lowest BCUT2D eigenvalue weighted by Crippen LogP contribution is -3.06. The Kier molecular flexibility index (Phi) is 7.10. The molecule has 28 heavy (non-hydrogen) atoms. The average molecular weight is 420 g/mol.